The molecular formula is C17H22N2O4. The summed E-state index contributed by atoms with van der Waals surface area (Å²) in [6.45, 7) is 3.73. The van der Waals surface area contributed by atoms with Crippen molar-refractivity contribution in [3.63, 3.8) is 0 Å². The van der Waals surface area contributed by atoms with Crippen LogP contribution in [-0.4, -0.2) is 35.5 Å². The molecule has 2 amide bonds. The van der Waals surface area contributed by atoms with Gasteiger partial charge in [0.05, 0.1) is 12.5 Å². The first-order valence-electron chi connectivity index (χ1n) is 7.76. The van der Waals surface area contributed by atoms with Gasteiger partial charge in [0.25, 0.3) is 5.91 Å². The standard InChI is InChI=1S/C17H22N2O4/c1-10-6-7-12(8-11(10)2)16(21)18-9-15(20)19-14-5-3-4-13(14)17(22)23/h6-8,13-14H,3-5,9H2,1-2H3,(H,18,21)(H,19,20)(H,22,23)/t13-,14+/m0/s1. The Labute approximate surface area is 135 Å². The van der Waals surface area contributed by atoms with Gasteiger partial charge in [0, 0.05) is 11.6 Å². The Balaban J connectivity index is 1.85. The zero-order valence-electron chi connectivity index (χ0n) is 13.4. The zero-order chi connectivity index (χ0) is 17.0. The third kappa shape index (κ3) is 4.31. The number of carbonyl (C=O) groups is 3. The highest BCUT2D eigenvalue weighted by Crippen LogP contribution is 2.25. The predicted molar refractivity (Wildman–Crippen MR) is 85.2 cm³/mol. The summed E-state index contributed by atoms with van der Waals surface area (Å²) in [5, 5.41) is 14.4. The number of benzene rings is 1. The first kappa shape index (κ1) is 17.0. The summed E-state index contributed by atoms with van der Waals surface area (Å²) in [6.07, 6.45) is 2.03. The highest BCUT2D eigenvalue weighted by Gasteiger charge is 2.33. The average molecular weight is 318 g/mol. The van der Waals surface area contributed by atoms with E-state index in [4.69, 9.17) is 5.11 Å². The van der Waals surface area contributed by atoms with Gasteiger partial charge in [-0.05, 0) is 49.9 Å². The van der Waals surface area contributed by atoms with Crippen molar-refractivity contribution in [1.82, 2.24) is 10.6 Å². The number of nitrogens with one attached hydrogen (secondary N) is 2. The lowest BCUT2D eigenvalue weighted by Crippen LogP contribution is -2.44. The molecule has 2 atom stereocenters. The fourth-order valence-corrected chi connectivity index (χ4v) is 2.83. The molecule has 6 nitrogen and oxygen atoms in total. The first-order valence-corrected chi connectivity index (χ1v) is 7.76. The molecule has 3 N–H and O–H groups in total. The number of amides is 2. The summed E-state index contributed by atoms with van der Waals surface area (Å²) in [5.41, 5.74) is 2.61. The molecular weight excluding hydrogens is 296 g/mol. The van der Waals surface area contributed by atoms with Gasteiger partial charge in [0.15, 0.2) is 0 Å². The number of carboxylic acid groups (broad SMARTS) is 1. The highest BCUT2D eigenvalue weighted by atomic mass is 16.4. The van der Waals surface area contributed by atoms with Crippen LogP contribution < -0.4 is 10.6 Å². The third-order valence-corrected chi connectivity index (χ3v) is 4.36. The van der Waals surface area contributed by atoms with E-state index >= 15 is 0 Å². The average Bonchev–Trinajstić information content (AvgIpc) is 2.96. The minimum atomic E-state index is -0.882. The van der Waals surface area contributed by atoms with Gasteiger partial charge in [0.2, 0.25) is 5.91 Å². The van der Waals surface area contributed by atoms with Gasteiger partial charge in [-0.3, -0.25) is 14.4 Å². The number of carbonyl (C=O) groups excluding carboxylic acids is 2. The molecule has 0 unspecified atom stereocenters. The van der Waals surface area contributed by atoms with Crippen LogP contribution in [0.4, 0.5) is 0 Å². The second-order valence-corrected chi connectivity index (χ2v) is 6.03. The van der Waals surface area contributed by atoms with Crippen molar-refractivity contribution in [2.45, 2.75) is 39.2 Å². The van der Waals surface area contributed by atoms with Gasteiger partial charge in [-0.2, -0.15) is 0 Å². The zero-order valence-corrected chi connectivity index (χ0v) is 13.4. The predicted octanol–water partition coefficient (Wildman–Crippen LogP) is 1.40. The van der Waals surface area contributed by atoms with E-state index in [-0.39, 0.29) is 24.4 Å². The lowest BCUT2D eigenvalue weighted by molar-refractivity contribution is -0.142. The number of aryl methyl sites for hydroxylation is 2. The van der Waals surface area contributed by atoms with E-state index in [9.17, 15) is 14.4 Å². The summed E-state index contributed by atoms with van der Waals surface area (Å²) >= 11 is 0. The van der Waals surface area contributed by atoms with E-state index in [0.717, 1.165) is 17.5 Å². The Morgan fingerprint density at radius 1 is 1.17 bits per heavy atom. The quantitative estimate of drug-likeness (QED) is 0.765. The molecule has 0 spiro atoms. The van der Waals surface area contributed by atoms with Crippen molar-refractivity contribution < 1.29 is 19.5 Å². The molecule has 23 heavy (non-hydrogen) atoms. The molecule has 0 bridgehead atoms. The van der Waals surface area contributed by atoms with Crippen molar-refractivity contribution in [2.24, 2.45) is 5.92 Å². The summed E-state index contributed by atoms with van der Waals surface area (Å²) < 4.78 is 0. The molecule has 1 aliphatic rings. The van der Waals surface area contributed by atoms with Crippen LogP contribution in [0.2, 0.25) is 0 Å². The Kier molecular flexibility index (Phi) is 5.36. The van der Waals surface area contributed by atoms with Crippen molar-refractivity contribution in [1.29, 1.82) is 0 Å². The molecule has 1 aromatic rings. The van der Waals surface area contributed by atoms with Gasteiger partial charge in [-0.25, -0.2) is 0 Å². The fraction of sp³-hybridized carbons (Fsp3) is 0.471. The monoisotopic (exact) mass is 318 g/mol. The van der Waals surface area contributed by atoms with Crippen LogP contribution in [0, 0.1) is 19.8 Å². The second kappa shape index (κ2) is 7.26. The van der Waals surface area contributed by atoms with Crippen LogP contribution in [0.15, 0.2) is 18.2 Å². The number of aliphatic carboxylic acids is 1. The number of rotatable bonds is 5. The lowest BCUT2D eigenvalue weighted by Gasteiger charge is -2.17. The van der Waals surface area contributed by atoms with E-state index < -0.39 is 11.9 Å². The van der Waals surface area contributed by atoms with Crippen LogP contribution in [0.5, 0.6) is 0 Å². The molecule has 1 fully saturated rings. The molecule has 124 valence electrons. The van der Waals surface area contributed by atoms with Gasteiger partial charge in [-0.15, -0.1) is 0 Å². The fourth-order valence-electron chi connectivity index (χ4n) is 2.83. The van der Waals surface area contributed by atoms with E-state index in [1.807, 2.05) is 19.9 Å². The number of hydrogen-bond acceptors (Lipinski definition) is 3. The molecule has 1 aromatic carbocycles. The van der Waals surface area contributed by atoms with Gasteiger partial charge in [-0.1, -0.05) is 12.5 Å². The molecule has 0 heterocycles. The molecule has 6 heteroatoms. The minimum absolute atomic E-state index is 0.158. The first-order chi connectivity index (χ1) is 10.9. The van der Waals surface area contributed by atoms with Crippen molar-refractivity contribution in [3.8, 4) is 0 Å². The maximum Gasteiger partial charge on any atom is 0.308 e. The molecule has 2 rings (SSSR count). The summed E-state index contributed by atoms with van der Waals surface area (Å²) in [5.74, 6) is -2.09. The highest BCUT2D eigenvalue weighted by molar-refractivity contribution is 5.96. The van der Waals surface area contributed by atoms with Crippen LogP contribution >= 0.6 is 0 Å². The molecule has 0 aliphatic heterocycles. The largest absolute Gasteiger partial charge is 0.481 e. The minimum Gasteiger partial charge on any atom is -0.481 e. The maximum absolute atomic E-state index is 12.0. The molecule has 0 aromatic heterocycles. The van der Waals surface area contributed by atoms with Crippen LogP contribution in [0.25, 0.3) is 0 Å². The summed E-state index contributed by atoms with van der Waals surface area (Å²) in [6, 6.07) is 5.01. The number of hydrogen-bond donors (Lipinski definition) is 3. The van der Waals surface area contributed by atoms with E-state index in [1.165, 1.54) is 0 Å². The topological polar surface area (TPSA) is 95.5 Å². The SMILES string of the molecule is Cc1ccc(C(=O)NCC(=O)N[C@@H]2CCC[C@@H]2C(=O)O)cc1C. The Bertz CT molecular complexity index is 627. The Morgan fingerprint density at radius 3 is 2.57 bits per heavy atom. The van der Waals surface area contributed by atoms with Gasteiger partial charge in [0.1, 0.15) is 0 Å². The second-order valence-electron chi connectivity index (χ2n) is 6.03. The van der Waals surface area contributed by atoms with E-state index in [0.29, 0.717) is 18.4 Å². The van der Waals surface area contributed by atoms with Crippen LogP contribution in [0.1, 0.15) is 40.7 Å². The van der Waals surface area contributed by atoms with Gasteiger partial charge < -0.3 is 15.7 Å². The van der Waals surface area contributed by atoms with Crippen molar-refractivity contribution in [3.05, 3.63) is 34.9 Å². The van der Waals surface area contributed by atoms with Crippen molar-refractivity contribution in [2.75, 3.05) is 6.54 Å². The Morgan fingerprint density at radius 2 is 1.91 bits per heavy atom. The maximum atomic E-state index is 12.0. The normalized spacial score (nSPS) is 20.1. The molecule has 1 saturated carbocycles. The van der Waals surface area contributed by atoms with Crippen molar-refractivity contribution >= 4 is 17.8 Å². The molecule has 0 saturated heterocycles. The lowest BCUT2D eigenvalue weighted by atomic mass is 10.0. The molecule has 1 aliphatic carbocycles. The van der Waals surface area contributed by atoms with E-state index in [2.05, 4.69) is 10.6 Å². The third-order valence-electron chi connectivity index (χ3n) is 4.36. The van der Waals surface area contributed by atoms with Gasteiger partial charge >= 0.3 is 5.97 Å². The molecule has 0 radical (unpaired) electrons. The smallest absolute Gasteiger partial charge is 0.308 e. The summed E-state index contributed by atoms with van der Waals surface area (Å²) in [7, 11) is 0. The Hall–Kier alpha value is -2.37. The summed E-state index contributed by atoms with van der Waals surface area (Å²) in [4.78, 5) is 35.0. The van der Waals surface area contributed by atoms with Crippen LogP contribution in [-0.2, 0) is 9.59 Å². The van der Waals surface area contributed by atoms with E-state index in [1.54, 1.807) is 12.1 Å². The number of carboxylic acids is 1. The van der Waals surface area contributed by atoms with Crippen LogP contribution in [0.3, 0.4) is 0 Å².